The van der Waals surface area contributed by atoms with Crippen molar-refractivity contribution in [1.29, 1.82) is 0 Å². The summed E-state index contributed by atoms with van der Waals surface area (Å²) >= 11 is 0. The smallest absolute Gasteiger partial charge is 0.224 e. The number of anilines is 1. The molecule has 0 spiro atoms. The number of hydrogen-bond donors (Lipinski definition) is 2. The number of guanidine groups is 1. The van der Waals surface area contributed by atoms with Gasteiger partial charge in [0.15, 0.2) is 5.96 Å². The topological polar surface area (TPSA) is 101 Å². The van der Waals surface area contributed by atoms with Crippen LogP contribution in [0.15, 0.2) is 29.4 Å². The van der Waals surface area contributed by atoms with Crippen molar-refractivity contribution in [3.05, 3.63) is 24.4 Å². The zero-order valence-electron chi connectivity index (χ0n) is 11.4. The Bertz CT molecular complexity index is 463. The van der Waals surface area contributed by atoms with Crippen LogP contribution in [0.4, 0.5) is 5.82 Å². The van der Waals surface area contributed by atoms with E-state index in [-0.39, 0.29) is 11.9 Å². The van der Waals surface area contributed by atoms with Crippen molar-refractivity contribution in [2.24, 2.45) is 16.5 Å². The molecular weight excluding hydrogens is 256 g/mol. The lowest BCUT2D eigenvalue weighted by molar-refractivity contribution is -0.131. The second kappa shape index (κ2) is 6.74. The lowest BCUT2D eigenvalue weighted by Crippen LogP contribution is -2.49. The standard InChI is InChI=1S/C13H20N6O/c14-13(15)17-6-4-12(20)19-9-7-18(8-10-19)11-3-1-2-5-16-11/h1-3,5H,4,6-10H2,(H4,14,15,17). The third-order valence-electron chi connectivity index (χ3n) is 3.23. The van der Waals surface area contributed by atoms with E-state index in [9.17, 15) is 4.79 Å². The lowest BCUT2D eigenvalue weighted by Gasteiger charge is -2.35. The van der Waals surface area contributed by atoms with Gasteiger partial charge in [0.25, 0.3) is 0 Å². The zero-order chi connectivity index (χ0) is 14.4. The Morgan fingerprint density at radius 1 is 1.25 bits per heavy atom. The SMILES string of the molecule is NC(N)=NCCC(=O)N1CCN(c2ccccn2)CC1. The normalized spacial score (nSPS) is 15.0. The lowest BCUT2D eigenvalue weighted by atomic mass is 10.2. The minimum Gasteiger partial charge on any atom is -0.370 e. The van der Waals surface area contributed by atoms with Gasteiger partial charge in [-0.2, -0.15) is 0 Å². The zero-order valence-corrected chi connectivity index (χ0v) is 11.4. The summed E-state index contributed by atoms with van der Waals surface area (Å²) in [4.78, 5) is 24.1. The molecular formula is C13H20N6O. The molecule has 20 heavy (non-hydrogen) atoms. The van der Waals surface area contributed by atoms with Crippen LogP contribution in [0.5, 0.6) is 0 Å². The van der Waals surface area contributed by atoms with Gasteiger partial charge in [-0.1, -0.05) is 6.07 Å². The molecule has 1 aromatic rings. The predicted octanol–water partition coefficient (Wildman–Crippen LogP) is -0.606. The number of carbonyl (C=O) groups is 1. The Balaban J connectivity index is 1.79. The molecule has 0 saturated carbocycles. The first-order chi connectivity index (χ1) is 9.66. The van der Waals surface area contributed by atoms with E-state index in [1.54, 1.807) is 6.20 Å². The Labute approximate surface area is 118 Å². The van der Waals surface area contributed by atoms with Crippen molar-refractivity contribution < 1.29 is 4.79 Å². The summed E-state index contributed by atoms with van der Waals surface area (Å²) in [7, 11) is 0. The third-order valence-corrected chi connectivity index (χ3v) is 3.23. The Hall–Kier alpha value is -2.31. The van der Waals surface area contributed by atoms with Crippen LogP contribution in [0, 0.1) is 0 Å². The molecule has 7 heteroatoms. The summed E-state index contributed by atoms with van der Waals surface area (Å²) in [5.74, 6) is 1.08. The van der Waals surface area contributed by atoms with Gasteiger partial charge >= 0.3 is 0 Å². The average molecular weight is 276 g/mol. The first-order valence-corrected chi connectivity index (χ1v) is 6.66. The van der Waals surface area contributed by atoms with Gasteiger partial charge < -0.3 is 21.3 Å². The number of piperazine rings is 1. The highest BCUT2D eigenvalue weighted by Crippen LogP contribution is 2.12. The molecule has 0 aliphatic carbocycles. The molecule has 1 fully saturated rings. The van der Waals surface area contributed by atoms with Crippen molar-refractivity contribution in [2.75, 3.05) is 37.6 Å². The molecule has 2 heterocycles. The summed E-state index contributed by atoms with van der Waals surface area (Å²) in [5.41, 5.74) is 10.5. The number of nitrogens with two attached hydrogens (primary N) is 2. The number of aliphatic imine (C=N–C) groups is 1. The molecule has 1 amide bonds. The number of amides is 1. The van der Waals surface area contributed by atoms with Crippen molar-refractivity contribution in [3.8, 4) is 0 Å². The van der Waals surface area contributed by atoms with Crippen molar-refractivity contribution in [2.45, 2.75) is 6.42 Å². The van der Waals surface area contributed by atoms with Crippen LogP contribution in [0.3, 0.4) is 0 Å². The van der Waals surface area contributed by atoms with Gasteiger partial charge in [-0.15, -0.1) is 0 Å². The number of hydrogen-bond acceptors (Lipinski definition) is 4. The van der Waals surface area contributed by atoms with Gasteiger partial charge in [-0.25, -0.2) is 4.98 Å². The predicted molar refractivity (Wildman–Crippen MR) is 78.3 cm³/mol. The molecule has 0 atom stereocenters. The Morgan fingerprint density at radius 2 is 2.00 bits per heavy atom. The minimum atomic E-state index is 0.0257. The molecule has 1 aromatic heterocycles. The van der Waals surface area contributed by atoms with Gasteiger partial charge in [0.2, 0.25) is 5.91 Å². The van der Waals surface area contributed by atoms with Crippen LogP contribution in [0.2, 0.25) is 0 Å². The van der Waals surface area contributed by atoms with E-state index in [1.165, 1.54) is 0 Å². The van der Waals surface area contributed by atoms with E-state index >= 15 is 0 Å². The molecule has 1 aliphatic rings. The highest BCUT2D eigenvalue weighted by atomic mass is 16.2. The number of pyridine rings is 1. The van der Waals surface area contributed by atoms with Gasteiger partial charge in [0.1, 0.15) is 5.82 Å². The highest BCUT2D eigenvalue weighted by molar-refractivity contribution is 5.78. The maximum Gasteiger partial charge on any atom is 0.224 e. The summed E-state index contributed by atoms with van der Waals surface area (Å²) in [5, 5.41) is 0. The number of carbonyl (C=O) groups excluding carboxylic acids is 1. The highest BCUT2D eigenvalue weighted by Gasteiger charge is 2.21. The maximum atomic E-state index is 12.0. The number of nitrogens with zero attached hydrogens (tertiary/aromatic N) is 4. The summed E-state index contributed by atoms with van der Waals surface area (Å²) in [6.07, 6.45) is 2.13. The second-order valence-electron chi connectivity index (χ2n) is 4.61. The summed E-state index contributed by atoms with van der Waals surface area (Å²) < 4.78 is 0. The van der Waals surface area contributed by atoms with E-state index in [2.05, 4.69) is 14.9 Å². The quantitative estimate of drug-likeness (QED) is 0.564. The number of aromatic nitrogens is 1. The van der Waals surface area contributed by atoms with E-state index in [1.807, 2.05) is 23.1 Å². The molecule has 108 valence electrons. The van der Waals surface area contributed by atoms with Crippen LogP contribution in [-0.4, -0.2) is 54.5 Å². The van der Waals surface area contributed by atoms with Crippen molar-refractivity contribution in [1.82, 2.24) is 9.88 Å². The van der Waals surface area contributed by atoms with E-state index in [4.69, 9.17) is 11.5 Å². The van der Waals surface area contributed by atoms with Gasteiger partial charge in [0.05, 0.1) is 6.54 Å². The second-order valence-corrected chi connectivity index (χ2v) is 4.61. The van der Waals surface area contributed by atoms with Crippen LogP contribution in [-0.2, 0) is 4.79 Å². The van der Waals surface area contributed by atoms with Crippen molar-refractivity contribution >= 4 is 17.7 Å². The van der Waals surface area contributed by atoms with Gasteiger partial charge in [-0.05, 0) is 12.1 Å². The maximum absolute atomic E-state index is 12.0. The molecule has 1 aliphatic heterocycles. The molecule has 0 aromatic carbocycles. The fraction of sp³-hybridized carbons (Fsp3) is 0.462. The molecule has 0 unspecified atom stereocenters. The van der Waals surface area contributed by atoms with E-state index in [0.717, 1.165) is 18.9 Å². The Kier molecular flexibility index (Phi) is 4.75. The third kappa shape index (κ3) is 3.84. The molecule has 2 rings (SSSR count). The van der Waals surface area contributed by atoms with E-state index in [0.29, 0.717) is 26.1 Å². The summed E-state index contributed by atoms with van der Waals surface area (Å²) in [6.45, 7) is 3.35. The van der Waals surface area contributed by atoms with Crippen molar-refractivity contribution in [3.63, 3.8) is 0 Å². The monoisotopic (exact) mass is 276 g/mol. The first kappa shape index (κ1) is 14.1. The van der Waals surface area contributed by atoms with Crippen LogP contribution >= 0.6 is 0 Å². The Morgan fingerprint density at radius 3 is 2.60 bits per heavy atom. The first-order valence-electron chi connectivity index (χ1n) is 6.66. The minimum absolute atomic E-state index is 0.0257. The average Bonchev–Trinajstić information content (AvgIpc) is 2.48. The number of rotatable bonds is 4. The molecule has 1 saturated heterocycles. The van der Waals surface area contributed by atoms with Gasteiger partial charge in [0, 0.05) is 38.8 Å². The van der Waals surface area contributed by atoms with E-state index < -0.39 is 0 Å². The molecule has 4 N–H and O–H groups in total. The fourth-order valence-corrected chi connectivity index (χ4v) is 2.16. The molecule has 7 nitrogen and oxygen atoms in total. The summed E-state index contributed by atoms with van der Waals surface area (Å²) in [6, 6.07) is 5.85. The van der Waals surface area contributed by atoms with Crippen LogP contribution in [0.25, 0.3) is 0 Å². The van der Waals surface area contributed by atoms with Gasteiger partial charge in [-0.3, -0.25) is 9.79 Å². The molecule has 0 bridgehead atoms. The fourth-order valence-electron chi connectivity index (χ4n) is 2.16. The van der Waals surface area contributed by atoms with Crippen LogP contribution in [0.1, 0.15) is 6.42 Å². The largest absolute Gasteiger partial charge is 0.370 e. The van der Waals surface area contributed by atoms with Crippen LogP contribution < -0.4 is 16.4 Å². The molecule has 0 radical (unpaired) electrons.